The van der Waals surface area contributed by atoms with Crippen LogP contribution in [0.2, 0.25) is 0 Å². The third kappa shape index (κ3) is 31.5. The second kappa shape index (κ2) is 41.0. The Morgan fingerprint density at radius 1 is 0.479 bits per heavy atom. The Labute approximate surface area is 426 Å². The summed E-state index contributed by atoms with van der Waals surface area (Å²) in [5, 5.41) is 0. The minimum atomic E-state index is -0.769. The van der Waals surface area contributed by atoms with Crippen LogP contribution in [-0.4, -0.2) is 108 Å². The summed E-state index contributed by atoms with van der Waals surface area (Å²) in [7, 11) is 0. The van der Waals surface area contributed by atoms with Crippen LogP contribution in [0, 0.1) is 11.8 Å². The molecule has 2 rings (SSSR count). The van der Waals surface area contributed by atoms with Crippen LogP contribution in [0.5, 0.6) is 0 Å². The lowest BCUT2D eigenvalue weighted by atomic mass is 10.1. The van der Waals surface area contributed by atoms with Gasteiger partial charge in [0.25, 0.3) is 0 Å². The number of amides is 1. The number of ether oxygens (including phenoxy) is 6. The van der Waals surface area contributed by atoms with Crippen molar-refractivity contribution >= 4 is 41.8 Å². The zero-order chi connectivity index (χ0) is 51.7. The Hall–Kier alpha value is -4.50. The van der Waals surface area contributed by atoms with E-state index in [9.17, 15) is 33.6 Å². The predicted molar refractivity (Wildman–Crippen MR) is 271 cm³/mol. The lowest BCUT2D eigenvalue weighted by Gasteiger charge is -2.24. The van der Waals surface area contributed by atoms with Crippen molar-refractivity contribution < 1.29 is 62.0 Å². The molecule has 16 nitrogen and oxygen atoms in total. The lowest BCUT2D eigenvalue weighted by Crippen LogP contribution is -2.41. The van der Waals surface area contributed by atoms with E-state index in [1.807, 2.05) is 0 Å². The Morgan fingerprint density at radius 3 is 1.21 bits per heavy atom. The molecule has 0 aromatic carbocycles. The number of hydrogen-bond acceptors (Lipinski definition) is 14. The van der Waals surface area contributed by atoms with E-state index in [-0.39, 0.29) is 108 Å². The molecule has 1 aromatic heterocycles. The van der Waals surface area contributed by atoms with Crippen LogP contribution >= 0.6 is 0 Å². The summed E-state index contributed by atoms with van der Waals surface area (Å²) in [5.41, 5.74) is 0. The highest BCUT2D eigenvalue weighted by molar-refractivity contribution is 5.78. The standard InChI is InChI=1S/C55H93N3O13/c1-5-9-13-17-21-25-29-49(59)66-39-45(40-67-50(60)30-26-22-18-14-10-6-2)35-53(63)70-43-47-37-48(38-58(47)55(65)57-34-33-56-44-57)71-54(64)36-46(41-68-51(61)31-27-23-19-15-11-7-3)42-69-52(62)32-28-24-20-16-12-8-4/h33-34,44-48H,5-32,35-43H2,1-4H3/t47-,48-/m0/s1. The van der Waals surface area contributed by atoms with Crippen molar-refractivity contribution in [2.45, 2.75) is 239 Å². The molecule has 1 aromatic rings. The fourth-order valence-corrected chi connectivity index (χ4v) is 8.49. The summed E-state index contributed by atoms with van der Waals surface area (Å²) < 4.78 is 35.2. The van der Waals surface area contributed by atoms with Gasteiger partial charge in [0.15, 0.2) is 0 Å². The van der Waals surface area contributed by atoms with Gasteiger partial charge in [-0.2, -0.15) is 0 Å². The van der Waals surface area contributed by atoms with E-state index in [1.165, 1.54) is 28.2 Å². The van der Waals surface area contributed by atoms with E-state index in [2.05, 4.69) is 32.7 Å². The van der Waals surface area contributed by atoms with Gasteiger partial charge in [-0.15, -0.1) is 0 Å². The Balaban J connectivity index is 2.07. The number of esters is 6. The van der Waals surface area contributed by atoms with Gasteiger partial charge in [-0.05, 0) is 25.7 Å². The van der Waals surface area contributed by atoms with Crippen molar-refractivity contribution in [3.05, 3.63) is 18.7 Å². The highest BCUT2D eigenvalue weighted by atomic mass is 16.6. The largest absolute Gasteiger partial charge is 0.465 e. The number of carbonyl (C=O) groups is 7. The van der Waals surface area contributed by atoms with Crippen molar-refractivity contribution in [2.75, 3.05) is 39.6 Å². The first kappa shape index (κ1) is 62.6. The molecule has 0 saturated carbocycles. The van der Waals surface area contributed by atoms with Crippen molar-refractivity contribution in [3.63, 3.8) is 0 Å². The molecule has 71 heavy (non-hydrogen) atoms. The van der Waals surface area contributed by atoms with Gasteiger partial charge in [0.2, 0.25) is 0 Å². The molecule has 1 amide bonds. The first-order valence-corrected chi connectivity index (χ1v) is 27.8. The summed E-state index contributed by atoms with van der Waals surface area (Å²) in [5.74, 6) is -4.06. The van der Waals surface area contributed by atoms with E-state index in [1.54, 1.807) is 0 Å². The van der Waals surface area contributed by atoms with Crippen LogP contribution in [0.15, 0.2) is 18.7 Å². The monoisotopic (exact) mass is 1000 g/mol. The molecule has 0 spiro atoms. The summed E-state index contributed by atoms with van der Waals surface area (Å²) in [6, 6.07) is -1.14. The molecule has 1 saturated heterocycles. The average molecular weight is 1000 g/mol. The summed E-state index contributed by atoms with van der Waals surface area (Å²) in [6.45, 7) is 7.88. The Morgan fingerprint density at radius 2 is 0.845 bits per heavy atom. The normalized spacial score (nSPS) is 14.4. The van der Waals surface area contributed by atoms with Gasteiger partial charge in [0, 0.05) is 56.3 Å². The third-order valence-corrected chi connectivity index (χ3v) is 12.9. The van der Waals surface area contributed by atoms with Crippen LogP contribution in [0.1, 0.15) is 227 Å². The summed E-state index contributed by atoms with van der Waals surface area (Å²) >= 11 is 0. The van der Waals surface area contributed by atoms with Crippen molar-refractivity contribution in [1.82, 2.24) is 14.5 Å². The zero-order valence-electron chi connectivity index (χ0n) is 44.4. The van der Waals surface area contributed by atoms with Crippen molar-refractivity contribution in [3.8, 4) is 0 Å². The molecule has 1 fully saturated rings. The van der Waals surface area contributed by atoms with Gasteiger partial charge in [-0.3, -0.25) is 33.3 Å². The number of likely N-dealkylation sites (tertiary alicyclic amines) is 1. The minimum Gasteiger partial charge on any atom is -0.465 e. The number of hydrogen-bond donors (Lipinski definition) is 0. The number of carbonyl (C=O) groups excluding carboxylic acids is 7. The van der Waals surface area contributed by atoms with Crippen LogP contribution in [-0.2, 0) is 57.2 Å². The fraction of sp³-hybridized carbons (Fsp3) is 0.818. The van der Waals surface area contributed by atoms with E-state index >= 15 is 0 Å². The number of imidazole rings is 1. The van der Waals surface area contributed by atoms with E-state index in [0.29, 0.717) is 25.7 Å². The highest BCUT2D eigenvalue weighted by Crippen LogP contribution is 2.24. The quantitative estimate of drug-likeness (QED) is 0.0340. The third-order valence-electron chi connectivity index (χ3n) is 12.9. The lowest BCUT2D eigenvalue weighted by molar-refractivity contribution is -0.157. The zero-order valence-corrected chi connectivity index (χ0v) is 44.4. The number of nitrogens with zero attached hydrogens (tertiary/aromatic N) is 3. The predicted octanol–water partition coefficient (Wildman–Crippen LogP) is 11.6. The molecular formula is C55H93N3O13. The molecule has 0 bridgehead atoms. The summed E-state index contributed by atoms with van der Waals surface area (Å²) in [6.07, 6.45) is 28.8. The molecule has 0 aliphatic carbocycles. The molecule has 2 heterocycles. The molecule has 2 atom stereocenters. The van der Waals surface area contributed by atoms with Crippen molar-refractivity contribution in [1.29, 1.82) is 0 Å². The summed E-state index contributed by atoms with van der Waals surface area (Å²) in [4.78, 5) is 96.8. The maximum Gasteiger partial charge on any atom is 0.329 e. The van der Waals surface area contributed by atoms with E-state index < -0.39 is 42.0 Å². The minimum absolute atomic E-state index is 0.00184. The van der Waals surface area contributed by atoms with Crippen LogP contribution in [0.3, 0.4) is 0 Å². The molecule has 0 N–H and O–H groups in total. The average Bonchev–Trinajstić information content (AvgIpc) is 4.05. The Bertz CT molecular complexity index is 1540. The van der Waals surface area contributed by atoms with Crippen LogP contribution < -0.4 is 0 Å². The van der Waals surface area contributed by atoms with Crippen molar-refractivity contribution in [2.24, 2.45) is 11.8 Å². The first-order chi connectivity index (χ1) is 34.5. The van der Waals surface area contributed by atoms with Gasteiger partial charge in [0.05, 0.1) is 51.9 Å². The Kier molecular flexibility index (Phi) is 36.2. The molecule has 1 aliphatic rings. The number of rotatable bonds is 43. The molecule has 16 heteroatoms. The number of aromatic nitrogens is 2. The maximum absolute atomic E-state index is 13.7. The maximum atomic E-state index is 13.7. The molecule has 0 radical (unpaired) electrons. The molecular weight excluding hydrogens is 911 g/mol. The van der Waals surface area contributed by atoms with Crippen LogP contribution in [0.25, 0.3) is 0 Å². The molecule has 406 valence electrons. The topological polar surface area (TPSA) is 196 Å². The SMILES string of the molecule is CCCCCCCCC(=O)OCC(COC(=O)CCCCCCCC)CC(=O)OC[C@@H]1C[C@H](OC(=O)CC(COC(=O)CCCCCCCC)COC(=O)CCCCCCCC)CN1C(=O)n1ccnc1. The van der Waals surface area contributed by atoms with E-state index in [4.69, 9.17) is 28.4 Å². The molecule has 1 aliphatic heterocycles. The second-order valence-corrected chi connectivity index (χ2v) is 19.5. The van der Waals surface area contributed by atoms with Gasteiger partial charge in [-0.1, -0.05) is 156 Å². The van der Waals surface area contributed by atoms with Gasteiger partial charge in [0.1, 0.15) is 19.0 Å². The van der Waals surface area contributed by atoms with Gasteiger partial charge < -0.3 is 33.3 Å². The second-order valence-electron chi connectivity index (χ2n) is 19.5. The first-order valence-electron chi connectivity index (χ1n) is 27.8. The number of unbranched alkanes of at least 4 members (excludes halogenated alkanes) is 20. The van der Waals surface area contributed by atoms with Crippen LogP contribution in [0.4, 0.5) is 4.79 Å². The van der Waals surface area contributed by atoms with Gasteiger partial charge >= 0.3 is 41.8 Å². The van der Waals surface area contributed by atoms with E-state index in [0.717, 1.165) is 128 Å². The fourth-order valence-electron chi connectivity index (χ4n) is 8.49. The van der Waals surface area contributed by atoms with Gasteiger partial charge in [-0.25, -0.2) is 9.78 Å². The molecule has 0 unspecified atom stereocenters. The highest BCUT2D eigenvalue weighted by Gasteiger charge is 2.39. The smallest absolute Gasteiger partial charge is 0.329 e.